The summed E-state index contributed by atoms with van der Waals surface area (Å²) in [6.07, 6.45) is 1.68. The lowest BCUT2D eigenvalue weighted by atomic mass is 10.1. The summed E-state index contributed by atoms with van der Waals surface area (Å²) in [5, 5.41) is 18.3. The highest BCUT2D eigenvalue weighted by Gasteiger charge is 2.08. The summed E-state index contributed by atoms with van der Waals surface area (Å²) in [7, 11) is 0. The zero-order chi connectivity index (χ0) is 16.4. The molecule has 112 valence electrons. The molecule has 0 bridgehead atoms. The molecular weight excluding hydrogens is 290 g/mol. The van der Waals surface area contributed by atoms with Gasteiger partial charge in [0, 0.05) is 0 Å². The van der Waals surface area contributed by atoms with Crippen LogP contribution in [0.5, 0.6) is 0 Å². The SMILES string of the molecule is Cc1ccc2nc(C(C#N)=Cc3ccc(C(=O)O)cc3)[nH]c2c1. The fourth-order valence-corrected chi connectivity index (χ4v) is 2.29. The van der Waals surface area contributed by atoms with E-state index in [0.717, 1.165) is 22.2 Å². The lowest BCUT2D eigenvalue weighted by Gasteiger charge is -1.97. The van der Waals surface area contributed by atoms with E-state index >= 15 is 0 Å². The Morgan fingerprint density at radius 2 is 2.00 bits per heavy atom. The number of carboxylic acid groups (broad SMARTS) is 1. The van der Waals surface area contributed by atoms with Crippen LogP contribution in [0.15, 0.2) is 42.5 Å². The van der Waals surface area contributed by atoms with Gasteiger partial charge in [-0.05, 0) is 48.4 Å². The molecule has 0 atom stereocenters. The van der Waals surface area contributed by atoms with Crippen LogP contribution in [0.2, 0.25) is 0 Å². The highest BCUT2D eigenvalue weighted by Crippen LogP contribution is 2.20. The van der Waals surface area contributed by atoms with Crippen molar-refractivity contribution >= 4 is 28.7 Å². The van der Waals surface area contributed by atoms with Gasteiger partial charge < -0.3 is 10.1 Å². The minimum atomic E-state index is -0.978. The maximum Gasteiger partial charge on any atom is 0.335 e. The maximum absolute atomic E-state index is 10.9. The molecule has 2 N–H and O–H groups in total. The molecule has 0 aliphatic heterocycles. The van der Waals surface area contributed by atoms with E-state index in [9.17, 15) is 10.1 Å². The van der Waals surface area contributed by atoms with Crippen LogP contribution in [0, 0.1) is 18.3 Å². The Morgan fingerprint density at radius 3 is 2.65 bits per heavy atom. The molecule has 1 heterocycles. The number of carbonyl (C=O) groups is 1. The van der Waals surface area contributed by atoms with Crippen LogP contribution in [0.25, 0.3) is 22.7 Å². The van der Waals surface area contributed by atoms with Crippen molar-refractivity contribution in [3.05, 3.63) is 65.0 Å². The van der Waals surface area contributed by atoms with E-state index in [1.54, 1.807) is 18.2 Å². The fourth-order valence-electron chi connectivity index (χ4n) is 2.29. The molecule has 0 amide bonds. The first-order valence-corrected chi connectivity index (χ1v) is 6.99. The number of nitrogens with one attached hydrogen (secondary N) is 1. The highest BCUT2D eigenvalue weighted by atomic mass is 16.4. The van der Waals surface area contributed by atoms with E-state index < -0.39 is 5.97 Å². The summed E-state index contributed by atoms with van der Waals surface area (Å²) in [4.78, 5) is 18.4. The first kappa shape index (κ1) is 14.5. The number of aromatic amines is 1. The third-order valence-electron chi connectivity index (χ3n) is 3.48. The van der Waals surface area contributed by atoms with E-state index in [1.807, 2.05) is 25.1 Å². The molecule has 5 heteroatoms. The van der Waals surface area contributed by atoms with Crippen LogP contribution in [0.4, 0.5) is 0 Å². The number of hydrogen-bond donors (Lipinski definition) is 2. The number of hydrogen-bond acceptors (Lipinski definition) is 3. The largest absolute Gasteiger partial charge is 0.478 e. The molecule has 0 fully saturated rings. The molecule has 0 aliphatic carbocycles. The molecule has 5 nitrogen and oxygen atoms in total. The van der Waals surface area contributed by atoms with E-state index in [-0.39, 0.29) is 5.56 Å². The van der Waals surface area contributed by atoms with Gasteiger partial charge in [-0.1, -0.05) is 18.2 Å². The molecule has 0 saturated heterocycles. The third-order valence-corrected chi connectivity index (χ3v) is 3.48. The summed E-state index contributed by atoms with van der Waals surface area (Å²) >= 11 is 0. The molecule has 1 aromatic heterocycles. The molecular formula is C18H13N3O2. The quantitative estimate of drug-likeness (QED) is 0.723. The fraction of sp³-hybridized carbons (Fsp3) is 0.0556. The number of imidazole rings is 1. The van der Waals surface area contributed by atoms with Gasteiger partial charge in [0.15, 0.2) is 0 Å². The number of aromatic carboxylic acids is 1. The smallest absolute Gasteiger partial charge is 0.335 e. The summed E-state index contributed by atoms with van der Waals surface area (Å²) in [5.74, 6) is -0.482. The lowest BCUT2D eigenvalue weighted by Crippen LogP contribution is -1.95. The minimum absolute atomic E-state index is 0.208. The Bertz CT molecular complexity index is 960. The van der Waals surface area contributed by atoms with Gasteiger partial charge in [-0.15, -0.1) is 0 Å². The molecule has 0 saturated carbocycles. The number of nitrogens with zero attached hydrogens (tertiary/aromatic N) is 2. The number of aromatic nitrogens is 2. The van der Waals surface area contributed by atoms with Crippen molar-refractivity contribution in [3.8, 4) is 6.07 Å². The van der Waals surface area contributed by atoms with Crippen molar-refractivity contribution in [2.24, 2.45) is 0 Å². The predicted octanol–water partition coefficient (Wildman–Crippen LogP) is 3.63. The maximum atomic E-state index is 10.9. The van der Waals surface area contributed by atoms with Crippen LogP contribution in [-0.2, 0) is 0 Å². The molecule has 0 aliphatic rings. The van der Waals surface area contributed by atoms with E-state index in [2.05, 4.69) is 16.0 Å². The number of H-pyrrole nitrogens is 1. The van der Waals surface area contributed by atoms with Crippen molar-refractivity contribution in [3.63, 3.8) is 0 Å². The second kappa shape index (κ2) is 5.78. The number of fused-ring (bicyclic) bond motifs is 1. The molecule has 3 aromatic rings. The monoisotopic (exact) mass is 303 g/mol. The second-order valence-electron chi connectivity index (χ2n) is 5.20. The summed E-state index contributed by atoms with van der Waals surface area (Å²) in [6.45, 7) is 1.99. The standard InChI is InChI=1S/C18H13N3O2/c1-11-2-7-15-16(8-11)21-17(20-15)14(10-19)9-12-3-5-13(6-4-12)18(22)23/h2-9H,1H3,(H,20,21)(H,22,23). The van der Waals surface area contributed by atoms with E-state index in [0.29, 0.717) is 11.4 Å². The van der Waals surface area contributed by atoms with Gasteiger partial charge in [0.2, 0.25) is 0 Å². The summed E-state index contributed by atoms with van der Waals surface area (Å²) in [6, 6.07) is 14.3. The number of nitriles is 1. The number of allylic oxidation sites excluding steroid dienone is 1. The first-order chi connectivity index (χ1) is 11.1. The van der Waals surface area contributed by atoms with Crippen LogP contribution in [0.3, 0.4) is 0 Å². The zero-order valence-electron chi connectivity index (χ0n) is 12.4. The van der Waals surface area contributed by atoms with Crippen molar-refractivity contribution < 1.29 is 9.90 Å². The topological polar surface area (TPSA) is 89.8 Å². The summed E-state index contributed by atoms with van der Waals surface area (Å²) in [5.41, 5.74) is 4.12. The van der Waals surface area contributed by atoms with Crippen LogP contribution in [-0.4, -0.2) is 21.0 Å². The van der Waals surface area contributed by atoms with Gasteiger partial charge in [-0.2, -0.15) is 5.26 Å². The first-order valence-electron chi connectivity index (χ1n) is 6.99. The number of aryl methyl sites for hydroxylation is 1. The third kappa shape index (κ3) is 2.97. The average molecular weight is 303 g/mol. The van der Waals surface area contributed by atoms with Crippen molar-refractivity contribution in [2.75, 3.05) is 0 Å². The van der Waals surface area contributed by atoms with Gasteiger partial charge in [-0.3, -0.25) is 0 Å². The minimum Gasteiger partial charge on any atom is -0.478 e. The Balaban J connectivity index is 2.00. The second-order valence-corrected chi connectivity index (χ2v) is 5.20. The molecule has 2 aromatic carbocycles. The molecule has 0 radical (unpaired) electrons. The van der Waals surface area contributed by atoms with Crippen molar-refractivity contribution in [1.29, 1.82) is 5.26 Å². The van der Waals surface area contributed by atoms with Gasteiger partial charge in [-0.25, -0.2) is 9.78 Å². The number of carboxylic acids is 1. The molecule has 23 heavy (non-hydrogen) atoms. The van der Waals surface area contributed by atoms with Crippen LogP contribution >= 0.6 is 0 Å². The van der Waals surface area contributed by atoms with Gasteiger partial charge in [0.05, 0.1) is 22.2 Å². The summed E-state index contributed by atoms with van der Waals surface area (Å²) < 4.78 is 0. The Kier molecular flexibility index (Phi) is 3.65. The van der Waals surface area contributed by atoms with Gasteiger partial charge in [0.1, 0.15) is 11.9 Å². The van der Waals surface area contributed by atoms with Crippen LogP contribution < -0.4 is 0 Å². The number of rotatable bonds is 3. The van der Waals surface area contributed by atoms with Crippen molar-refractivity contribution in [1.82, 2.24) is 9.97 Å². The zero-order valence-corrected chi connectivity index (χ0v) is 12.4. The van der Waals surface area contributed by atoms with Gasteiger partial charge in [0.25, 0.3) is 0 Å². The highest BCUT2D eigenvalue weighted by molar-refractivity contribution is 5.91. The predicted molar refractivity (Wildman–Crippen MR) is 87.7 cm³/mol. The Labute approximate surface area is 132 Å². The average Bonchev–Trinajstić information content (AvgIpc) is 2.95. The molecule has 0 unspecified atom stereocenters. The van der Waals surface area contributed by atoms with Gasteiger partial charge >= 0.3 is 5.97 Å². The number of benzene rings is 2. The van der Waals surface area contributed by atoms with Crippen LogP contribution in [0.1, 0.15) is 27.3 Å². The van der Waals surface area contributed by atoms with E-state index in [4.69, 9.17) is 5.11 Å². The molecule has 3 rings (SSSR count). The lowest BCUT2D eigenvalue weighted by molar-refractivity contribution is 0.0697. The van der Waals surface area contributed by atoms with E-state index in [1.165, 1.54) is 12.1 Å². The Hall–Kier alpha value is -3.39. The van der Waals surface area contributed by atoms with Crippen molar-refractivity contribution in [2.45, 2.75) is 6.92 Å². The molecule has 0 spiro atoms. The normalized spacial score (nSPS) is 11.4. The Morgan fingerprint density at radius 1 is 1.26 bits per heavy atom.